The van der Waals surface area contributed by atoms with Gasteiger partial charge in [-0.05, 0) is 31.2 Å². The van der Waals surface area contributed by atoms with Crippen molar-refractivity contribution in [2.24, 2.45) is 0 Å². The summed E-state index contributed by atoms with van der Waals surface area (Å²) >= 11 is 1.74. The number of carbonyl (C=O) groups is 1. The predicted molar refractivity (Wildman–Crippen MR) is 74.9 cm³/mol. The maximum atomic E-state index is 11.9. The minimum Gasteiger partial charge on any atom is -0.338 e. The maximum Gasteiger partial charge on any atom is 0.222 e. The summed E-state index contributed by atoms with van der Waals surface area (Å²) in [4.78, 5) is 19.2. The van der Waals surface area contributed by atoms with E-state index in [0.29, 0.717) is 18.8 Å². The molecule has 0 unspecified atom stereocenters. The smallest absolute Gasteiger partial charge is 0.222 e. The topological polar surface area (TPSA) is 61.9 Å². The second-order valence-corrected chi connectivity index (χ2v) is 5.55. The summed E-state index contributed by atoms with van der Waals surface area (Å²) < 4.78 is 0. The van der Waals surface area contributed by atoms with Gasteiger partial charge < -0.3 is 4.90 Å². The molecule has 0 aromatic carbocycles. The van der Waals surface area contributed by atoms with Crippen LogP contribution in [-0.4, -0.2) is 33.0 Å². The molecule has 2 aromatic heterocycles. The number of hydrogen-bond donors (Lipinski definition) is 1. The average Bonchev–Trinajstić information content (AvgIpc) is 3.01. The molecule has 0 atom stereocenters. The van der Waals surface area contributed by atoms with Crippen LogP contribution in [0.2, 0.25) is 0 Å². The number of nitrogens with zero attached hydrogens (tertiary/aromatic N) is 3. The third-order valence-corrected chi connectivity index (χ3v) is 3.78. The molecule has 0 aliphatic rings. The summed E-state index contributed by atoms with van der Waals surface area (Å²) in [6, 6.07) is 4.15. The zero-order valence-electron chi connectivity index (χ0n) is 11.2. The van der Waals surface area contributed by atoms with E-state index in [1.54, 1.807) is 23.3 Å². The van der Waals surface area contributed by atoms with Crippen LogP contribution in [0.5, 0.6) is 0 Å². The van der Waals surface area contributed by atoms with Crippen molar-refractivity contribution in [2.75, 3.05) is 7.05 Å². The van der Waals surface area contributed by atoms with Crippen LogP contribution in [0.25, 0.3) is 0 Å². The molecule has 2 heterocycles. The van der Waals surface area contributed by atoms with E-state index in [9.17, 15) is 4.79 Å². The molecule has 0 aliphatic heterocycles. The molecule has 0 saturated carbocycles. The van der Waals surface area contributed by atoms with Crippen molar-refractivity contribution in [1.29, 1.82) is 0 Å². The van der Waals surface area contributed by atoms with Crippen LogP contribution >= 0.6 is 11.3 Å². The molecule has 0 spiro atoms. The van der Waals surface area contributed by atoms with Gasteiger partial charge in [0.2, 0.25) is 5.91 Å². The van der Waals surface area contributed by atoms with E-state index in [4.69, 9.17) is 0 Å². The SMILES string of the molecule is Cc1nc(CN(C)C(=O)CCCc2cccs2)n[nH]1. The molecule has 2 rings (SSSR count). The van der Waals surface area contributed by atoms with Gasteiger partial charge >= 0.3 is 0 Å². The quantitative estimate of drug-likeness (QED) is 0.880. The van der Waals surface area contributed by atoms with E-state index in [-0.39, 0.29) is 5.91 Å². The van der Waals surface area contributed by atoms with Gasteiger partial charge in [0.25, 0.3) is 0 Å². The average molecular weight is 278 g/mol. The zero-order chi connectivity index (χ0) is 13.7. The number of thiophene rings is 1. The van der Waals surface area contributed by atoms with Crippen LogP contribution in [0.1, 0.15) is 29.4 Å². The zero-order valence-corrected chi connectivity index (χ0v) is 12.0. The molecule has 1 amide bonds. The van der Waals surface area contributed by atoms with Crippen LogP contribution in [-0.2, 0) is 17.8 Å². The van der Waals surface area contributed by atoms with Gasteiger partial charge in [-0.25, -0.2) is 4.98 Å². The van der Waals surface area contributed by atoms with Gasteiger partial charge in [-0.3, -0.25) is 9.89 Å². The number of H-pyrrole nitrogens is 1. The first-order valence-corrected chi connectivity index (χ1v) is 7.17. The van der Waals surface area contributed by atoms with Crippen LogP contribution in [0, 0.1) is 6.92 Å². The highest BCUT2D eigenvalue weighted by atomic mass is 32.1. The van der Waals surface area contributed by atoms with Gasteiger partial charge in [0, 0.05) is 18.3 Å². The van der Waals surface area contributed by atoms with Gasteiger partial charge in [-0.2, -0.15) is 5.10 Å². The molecule has 5 nitrogen and oxygen atoms in total. The Balaban J connectivity index is 1.73. The highest BCUT2D eigenvalue weighted by Gasteiger charge is 2.11. The van der Waals surface area contributed by atoms with Gasteiger partial charge in [-0.1, -0.05) is 6.07 Å². The lowest BCUT2D eigenvalue weighted by molar-refractivity contribution is -0.130. The molecule has 102 valence electrons. The van der Waals surface area contributed by atoms with E-state index in [1.807, 2.05) is 13.0 Å². The molecule has 0 fully saturated rings. The third-order valence-electron chi connectivity index (χ3n) is 2.84. The standard InChI is InChI=1S/C13H18N4OS/c1-10-14-12(16-15-10)9-17(2)13(18)7-3-5-11-6-4-8-19-11/h4,6,8H,3,5,7,9H2,1-2H3,(H,14,15,16). The van der Waals surface area contributed by atoms with Gasteiger partial charge in [0.15, 0.2) is 5.82 Å². The van der Waals surface area contributed by atoms with Crippen molar-refractivity contribution >= 4 is 17.2 Å². The molecule has 6 heteroatoms. The molecular formula is C13H18N4OS. The van der Waals surface area contributed by atoms with Crippen molar-refractivity contribution < 1.29 is 4.79 Å². The Kier molecular flexibility index (Phi) is 4.68. The van der Waals surface area contributed by atoms with Gasteiger partial charge in [0.05, 0.1) is 6.54 Å². The maximum absolute atomic E-state index is 11.9. The highest BCUT2D eigenvalue weighted by molar-refractivity contribution is 7.09. The lowest BCUT2D eigenvalue weighted by Crippen LogP contribution is -2.26. The molecule has 1 N–H and O–H groups in total. The predicted octanol–water partition coefficient (Wildman–Crippen LogP) is 2.16. The number of hydrogen-bond acceptors (Lipinski definition) is 4. The Hall–Kier alpha value is -1.69. The number of aromatic amines is 1. The normalized spacial score (nSPS) is 10.6. The molecule has 0 aliphatic carbocycles. The van der Waals surface area contributed by atoms with E-state index in [2.05, 4.69) is 26.6 Å². The monoisotopic (exact) mass is 278 g/mol. The summed E-state index contributed by atoms with van der Waals surface area (Å²) in [5, 5.41) is 8.87. The third kappa shape index (κ3) is 4.17. The molecule has 2 aromatic rings. The minimum absolute atomic E-state index is 0.138. The first-order chi connectivity index (χ1) is 9.15. The van der Waals surface area contributed by atoms with Crippen LogP contribution in [0.15, 0.2) is 17.5 Å². The van der Waals surface area contributed by atoms with Crippen LogP contribution < -0.4 is 0 Å². The second-order valence-electron chi connectivity index (χ2n) is 4.52. The summed E-state index contributed by atoms with van der Waals surface area (Å²) in [6.45, 7) is 2.31. The van der Waals surface area contributed by atoms with E-state index < -0.39 is 0 Å². The van der Waals surface area contributed by atoms with E-state index in [1.165, 1.54) is 4.88 Å². The Labute approximate surface area is 116 Å². The summed E-state index contributed by atoms with van der Waals surface area (Å²) in [6.07, 6.45) is 2.42. The number of aromatic nitrogens is 3. The van der Waals surface area contributed by atoms with Crippen molar-refractivity contribution in [2.45, 2.75) is 32.7 Å². The van der Waals surface area contributed by atoms with Crippen molar-refractivity contribution in [3.05, 3.63) is 34.0 Å². The van der Waals surface area contributed by atoms with E-state index >= 15 is 0 Å². The first kappa shape index (κ1) is 13.7. The number of aryl methyl sites for hydroxylation is 2. The fourth-order valence-corrected chi connectivity index (χ4v) is 2.57. The van der Waals surface area contributed by atoms with Crippen molar-refractivity contribution in [3.8, 4) is 0 Å². The lowest BCUT2D eigenvalue weighted by Gasteiger charge is -2.14. The summed E-state index contributed by atoms with van der Waals surface area (Å²) in [5.41, 5.74) is 0. The Morgan fingerprint density at radius 1 is 1.53 bits per heavy atom. The van der Waals surface area contributed by atoms with Crippen LogP contribution in [0.4, 0.5) is 0 Å². The summed E-state index contributed by atoms with van der Waals surface area (Å²) in [7, 11) is 1.79. The van der Waals surface area contributed by atoms with Crippen LogP contribution in [0.3, 0.4) is 0 Å². The fourth-order valence-electron chi connectivity index (χ4n) is 1.82. The molecule has 19 heavy (non-hydrogen) atoms. The fraction of sp³-hybridized carbons (Fsp3) is 0.462. The van der Waals surface area contributed by atoms with E-state index in [0.717, 1.165) is 18.7 Å². The highest BCUT2D eigenvalue weighted by Crippen LogP contribution is 2.12. The number of rotatable bonds is 6. The Morgan fingerprint density at radius 3 is 3.00 bits per heavy atom. The van der Waals surface area contributed by atoms with Crippen molar-refractivity contribution in [1.82, 2.24) is 20.1 Å². The summed E-state index contributed by atoms with van der Waals surface area (Å²) in [5.74, 6) is 1.57. The second kappa shape index (κ2) is 6.47. The molecule has 0 saturated heterocycles. The van der Waals surface area contributed by atoms with Gasteiger partial charge in [-0.15, -0.1) is 11.3 Å². The number of carbonyl (C=O) groups excluding carboxylic acids is 1. The molecule has 0 radical (unpaired) electrons. The molecular weight excluding hydrogens is 260 g/mol. The van der Waals surface area contributed by atoms with Crippen molar-refractivity contribution in [3.63, 3.8) is 0 Å². The lowest BCUT2D eigenvalue weighted by atomic mass is 10.2. The Bertz CT molecular complexity index is 520. The Morgan fingerprint density at radius 2 is 2.37 bits per heavy atom. The van der Waals surface area contributed by atoms with Gasteiger partial charge in [0.1, 0.15) is 5.82 Å². The number of amides is 1. The number of nitrogens with one attached hydrogen (secondary N) is 1. The largest absolute Gasteiger partial charge is 0.338 e. The molecule has 0 bridgehead atoms. The first-order valence-electron chi connectivity index (χ1n) is 6.29. The minimum atomic E-state index is 0.138.